The van der Waals surface area contributed by atoms with Gasteiger partial charge in [0, 0.05) is 23.5 Å². The molecule has 0 bridgehead atoms. The van der Waals surface area contributed by atoms with Crippen LogP contribution in [0.2, 0.25) is 5.02 Å². The number of hydrogen-bond acceptors (Lipinski definition) is 4. The Morgan fingerprint density at radius 3 is 2.86 bits per heavy atom. The van der Waals surface area contributed by atoms with Crippen molar-refractivity contribution in [1.82, 2.24) is 9.97 Å². The number of aromatic nitrogens is 2. The number of pyridine rings is 1. The van der Waals surface area contributed by atoms with E-state index in [1.165, 1.54) is 0 Å². The molecule has 0 unspecified atom stereocenters. The molecule has 5 nitrogen and oxygen atoms in total. The number of rotatable bonds is 2. The second-order valence-electron chi connectivity index (χ2n) is 4.62. The Morgan fingerprint density at radius 2 is 2.14 bits per heavy atom. The lowest BCUT2D eigenvalue weighted by Gasteiger charge is -2.08. The number of benzene rings is 1. The molecule has 1 aromatic carbocycles. The van der Waals surface area contributed by atoms with Crippen molar-refractivity contribution >= 4 is 34.1 Å². The molecule has 21 heavy (non-hydrogen) atoms. The van der Waals surface area contributed by atoms with Crippen LogP contribution in [0.4, 0.5) is 5.69 Å². The largest absolute Gasteiger partial charge is 0.445 e. The third kappa shape index (κ3) is 2.60. The summed E-state index contributed by atoms with van der Waals surface area (Å²) in [6.45, 7) is 3.39. The van der Waals surface area contributed by atoms with Crippen LogP contribution in [-0.2, 0) is 0 Å². The average molecular weight is 302 g/mol. The minimum absolute atomic E-state index is 0.261. The van der Waals surface area contributed by atoms with Crippen molar-refractivity contribution in [3.05, 3.63) is 52.8 Å². The lowest BCUT2D eigenvalue weighted by atomic mass is 10.2. The van der Waals surface area contributed by atoms with Crippen LogP contribution < -0.4 is 5.32 Å². The number of anilines is 1. The third-order valence-electron chi connectivity index (χ3n) is 3.04. The van der Waals surface area contributed by atoms with Gasteiger partial charge in [0.15, 0.2) is 11.6 Å². The molecule has 0 atom stereocenters. The van der Waals surface area contributed by atoms with Gasteiger partial charge in [-0.2, -0.15) is 0 Å². The molecule has 0 aliphatic heterocycles. The number of carbonyl (C=O) groups excluding carboxylic acids is 1. The summed E-state index contributed by atoms with van der Waals surface area (Å²) in [4.78, 5) is 20.7. The Kier molecular flexibility index (Phi) is 3.35. The summed E-state index contributed by atoms with van der Waals surface area (Å²) in [5, 5.41) is 4.17. The lowest BCUT2D eigenvalue weighted by molar-refractivity contribution is 0.102. The zero-order valence-electron chi connectivity index (χ0n) is 11.5. The van der Waals surface area contributed by atoms with E-state index in [-0.39, 0.29) is 11.6 Å². The van der Waals surface area contributed by atoms with Gasteiger partial charge in [-0.15, -0.1) is 0 Å². The zero-order valence-corrected chi connectivity index (χ0v) is 12.2. The number of oxazole rings is 1. The van der Waals surface area contributed by atoms with E-state index in [1.54, 1.807) is 32.2 Å². The predicted octanol–water partition coefficient (Wildman–Crippen LogP) is 3.75. The first-order valence-electron chi connectivity index (χ1n) is 6.34. The van der Waals surface area contributed by atoms with Crippen LogP contribution in [-0.4, -0.2) is 15.9 Å². The van der Waals surface area contributed by atoms with E-state index in [1.807, 2.05) is 12.1 Å². The summed E-state index contributed by atoms with van der Waals surface area (Å²) in [5.41, 5.74) is 1.48. The molecule has 0 spiro atoms. The van der Waals surface area contributed by atoms with Crippen molar-refractivity contribution in [3.8, 4) is 0 Å². The highest BCUT2D eigenvalue weighted by atomic mass is 35.5. The smallest absolute Gasteiger partial charge is 0.277 e. The molecule has 106 valence electrons. The molecule has 3 rings (SSSR count). The minimum Gasteiger partial charge on any atom is -0.445 e. The number of aryl methyl sites for hydroxylation is 2. The molecule has 0 radical (unpaired) electrons. The molecule has 6 heteroatoms. The quantitative estimate of drug-likeness (QED) is 0.783. The summed E-state index contributed by atoms with van der Waals surface area (Å²) in [7, 11) is 0. The number of hydrogen-bond donors (Lipinski definition) is 1. The van der Waals surface area contributed by atoms with E-state index in [2.05, 4.69) is 15.3 Å². The summed E-state index contributed by atoms with van der Waals surface area (Å²) < 4.78 is 5.27. The van der Waals surface area contributed by atoms with Crippen LogP contribution in [0.25, 0.3) is 10.9 Å². The van der Waals surface area contributed by atoms with Crippen LogP contribution in [0.1, 0.15) is 22.1 Å². The highest BCUT2D eigenvalue weighted by molar-refractivity contribution is 6.32. The van der Waals surface area contributed by atoms with Crippen LogP contribution in [0, 0.1) is 13.8 Å². The van der Waals surface area contributed by atoms with Gasteiger partial charge < -0.3 is 9.73 Å². The Morgan fingerprint density at radius 1 is 1.33 bits per heavy atom. The maximum Gasteiger partial charge on any atom is 0.277 e. The summed E-state index contributed by atoms with van der Waals surface area (Å²) >= 11 is 6.08. The fraction of sp³-hybridized carbons (Fsp3) is 0.133. The molecule has 0 saturated heterocycles. The van der Waals surface area contributed by atoms with Crippen molar-refractivity contribution in [2.24, 2.45) is 0 Å². The Labute approximate surface area is 126 Å². The number of carbonyl (C=O) groups is 1. The molecule has 3 aromatic rings. The number of nitrogens with zero attached hydrogens (tertiary/aromatic N) is 2. The van der Waals surface area contributed by atoms with Crippen LogP contribution in [0.3, 0.4) is 0 Å². The molecule has 1 N–H and O–H groups in total. The van der Waals surface area contributed by atoms with Crippen LogP contribution >= 0.6 is 11.6 Å². The van der Waals surface area contributed by atoms with E-state index < -0.39 is 0 Å². The minimum atomic E-state index is -0.349. The maximum atomic E-state index is 12.3. The van der Waals surface area contributed by atoms with Crippen molar-refractivity contribution in [1.29, 1.82) is 0 Å². The number of fused-ring (bicyclic) bond motifs is 1. The van der Waals surface area contributed by atoms with Gasteiger partial charge in [-0.25, -0.2) is 4.98 Å². The van der Waals surface area contributed by atoms with Gasteiger partial charge in [0.2, 0.25) is 0 Å². The second kappa shape index (κ2) is 5.18. The predicted molar refractivity (Wildman–Crippen MR) is 80.7 cm³/mol. The summed E-state index contributed by atoms with van der Waals surface area (Å²) in [5.74, 6) is 0.578. The van der Waals surface area contributed by atoms with Crippen LogP contribution in [0.15, 0.2) is 34.9 Å². The number of halogens is 1. The van der Waals surface area contributed by atoms with E-state index in [0.717, 1.165) is 5.39 Å². The van der Waals surface area contributed by atoms with Gasteiger partial charge in [-0.3, -0.25) is 9.78 Å². The summed E-state index contributed by atoms with van der Waals surface area (Å²) in [6.07, 6.45) is 1.66. The molecule has 0 aliphatic rings. The van der Waals surface area contributed by atoms with Crippen molar-refractivity contribution in [2.75, 3.05) is 5.32 Å². The average Bonchev–Trinajstić information content (AvgIpc) is 2.77. The van der Waals surface area contributed by atoms with E-state index >= 15 is 0 Å². The van der Waals surface area contributed by atoms with Gasteiger partial charge in [0.25, 0.3) is 5.91 Å². The normalized spacial score (nSPS) is 10.8. The molecule has 0 aliphatic carbocycles. The maximum absolute atomic E-state index is 12.3. The molecule has 2 heterocycles. The zero-order chi connectivity index (χ0) is 15.0. The van der Waals surface area contributed by atoms with Gasteiger partial charge in [0.05, 0.1) is 11.2 Å². The topological polar surface area (TPSA) is 68.0 Å². The Balaban J connectivity index is 2.02. The highest BCUT2D eigenvalue weighted by Crippen LogP contribution is 2.26. The molecular weight excluding hydrogens is 290 g/mol. The molecular formula is C15H12ClN3O2. The molecule has 0 fully saturated rings. The lowest BCUT2D eigenvalue weighted by Crippen LogP contribution is -2.14. The van der Waals surface area contributed by atoms with Crippen molar-refractivity contribution < 1.29 is 9.21 Å². The SMILES string of the molecule is Cc1nc(C(=O)Nc2cc(Cl)cc3cccnc23)c(C)o1. The van der Waals surface area contributed by atoms with Crippen molar-refractivity contribution in [2.45, 2.75) is 13.8 Å². The standard InChI is InChI=1S/C15H12ClN3O2/c1-8-13(18-9(2)21-8)15(20)19-12-7-11(16)6-10-4-3-5-17-14(10)12/h3-7H,1-2H3,(H,19,20). The van der Waals surface area contributed by atoms with Gasteiger partial charge in [-0.05, 0) is 25.1 Å². The summed E-state index contributed by atoms with van der Waals surface area (Å²) in [6, 6.07) is 7.16. The first-order chi connectivity index (χ1) is 10.0. The van der Waals surface area contributed by atoms with Gasteiger partial charge in [0.1, 0.15) is 5.76 Å². The fourth-order valence-corrected chi connectivity index (χ4v) is 2.40. The Hall–Kier alpha value is -2.40. The first-order valence-corrected chi connectivity index (χ1v) is 6.72. The molecule has 2 aromatic heterocycles. The van der Waals surface area contributed by atoms with Crippen molar-refractivity contribution in [3.63, 3.8) is 0 Å². The fourth-order valence-electron chi connectivity index (χ4n) is 2.17. The van der Waals surface area contributed by atoms with Gasteiger partial charge >= 0.3 is 0 Å². The number of amides is 1. The van der Waals surface area contributed by atoms with Gasteiger partial charge in [-0.1, -0.05) is 17.7 Å². The number of nitrogens with one attached hydrogen (secondary N) is 1. The highest BCUT2D eigenvalue weighted by Gasteiger charge is 2.17. The first kappa shape index (κ1) is 13.6. The van der Waals surface area contributed by atoms with E-state index in [0.29, 0.717) is 27.9 Å². The third-order valence-corrected chi connectivity index (χ3v) is 3.25. The van der Waals surface area contributed by atoms with Crippen LogP contribution in [0.5, 0.6) is 0 Å². The Bertz CT molecular complexity index is 842. The van der Waals surface area contributed by atoms with E-state index in [9.17, 15) is 4.79 Å². The monoisotopic (exact) mass is 301 g/mol. The second-order valence-corrected chi connectivity index (χ2v) is 5.06. The molecule has 1 amide bonds. The van der Waals surface area contributed by atoms with E-state index in [4.69, 9.17) is 16.0 Å². The molecule has 0 saturated carbocycles.